The molecule has 0 aliphatic carbocycles. The lowest BCUT2D eigenvalue weighted by Crippen LogP contribution is -2.31. The van der Waals surface area contributed by atoms with Gasteiger partial charge in [0.05, 0.1) is 6.04 Å². The molecule has 1 aromatic carbocycles. The Balaban J connectivity index is 1.69. The van der Waals surface area contributed by atoms with E-state index in [2.05, 4.69) is 41.2 Å². The van der Waals surface area contributed by atoms with Gasteiger partial charge >= 0.3 is 0 Å². The molecule has 0 bridgehead atoms. The summed E-state index contributed by atoms with van der Waals surface area (Å²) in [6.45, 7) is 3.01. The highest BCUT2D eigenvalue weighted by atomic mass is 16.2. The molecule has 1 amide bonds. The van der Waals surface area contributed by atoms with Crippen molar-refractivity contribution in [2.45, 2.75) is 38.6 Å². The van der Waals surface area contributed by atoms with E-state index in [-0.39, 0.29) is 11.9 Å². The molecule has 116 valence electrons. The molecule has 3 rings (SSSR count). The zero-order valence-corrected chi connectivity index (χ0v) is 13.3. The van der Waals surface area contributed by atoms with Gasteiger partial charge in [0, 0.05) is 31.9 Å². The first-order valence-corrected chi connectivity index (χ1v) is 7.98. The Hall–Kier alpha value is -2.10. The van der Waals surface area contributed by atoms with Crippen molar-refractivity contribution in [2.24, 2.45) is 7.05 Å². The van der Waals surface area contributed by atoms with E-state index in [1.165, 1.54) is 11.1 Å². The van der Waals surface area contributed by atoms with Gasteiger partial charge in [0.25, 0.3) is 0 Å². The Morgan fingerprint density at radius 2 is 2.14 bits per heavy atom. The summed E-state index contributed by atoms with van der Waals surface area (Å²) in [7, 11) is 1.92. The number of hydrogen-bond donors (Lipinski definition) is 0. The second kappa shape index (κ2) is 6.34. The molecular formula is C18H23N3O. The SMILES string of the molecule is Cc1ccccc1[C@H]1CCCN1C(=O)CCc1ccnn1C. The maximum Gasteiger partial charge on any atom is 0.223 e. The number of aromatic nitrogens is 2. The summed E-state index contributed by atoms with van der Waals surface area (Å²) in [5, 5.41) is 4.16. The molecule has 4 heteroatoms. The molecule has 1 aliphatic heterocycles. The van der Waals surface area contributed by atoms with Gasteiger partial charge in [-0.15, -0.1) is 0 Å². The minimum Gasteiger partial charge on any atom is -0.336 e. The average molecular weight is 297 g/mol. The minimum atomic E-state index is 0.250. The van der Waals surface area contributed by atoms with Gasteiger partial charge in [-0.25, -0.2) is 0 Å². The Bertz CT molecular complexity index is 662. The second-order valence-corrected chi connectivity index (χ2v) is 6.05. The number of benzene rings is 1. The number of carbonyl (C=O) groups is 1. The fourth-order valence-corrected chi connectivity index (χ4v) is 3.37. The van der Waals surface area contributed by atoms with Crippen molar-refractivity contribution in [3.63, 3.8) is 0 Å². The molecule has 22 heavy (non-hydrogen) atoms. The number of aryl methyl sites for hydroxylation is 3. The summed E-state index contributed by atoms with van der Waals surface area (Å²) in [5.41, 5.74) is 3.69. The number of carbonyl (C=O) groups excluding carboxylic acids is 1. The molecule has 1 fully saturated rings. The monoisotopic (exact) mass is 297 g/mol. The van der Waals surface area contributed by atoms with E-state index < -0.39 is 0 Å². The highest BCUT2D eigenvalue weighted by Crippen LogP contribution is 2.34. The molecule has 4 nitrogen and oxygen atoms in total. The molecule has 2 aromatic rings. The Morgan fingerprint density at radius 3 is 2.86 bits per heavy atom. The summed E-state index contributed by atoms with van der Waals surface area (Å²) in [5.74, 6) is 0.256. The van der Waals surface area contributed by atoms with E-state index in [1.807, 2.05) is 17.8 Å². The van der Waals surface area contributed by atoms with Gasteiger partial charge < -0.3 is 4.90 Å². The lowest BCUT2D eigenvalue weighted by molar-refractivity contribution is -0.132. The molecule has 1 atom stereocenters. The van der Waals surface area contributed by atoms with Gasteiger partial charge in [-0.1, -0.05) is 24.3 Å². The van der Waals surface area contributed by atoms with E-state index in [4.69, 9.17) is 0 Å². The first-order valence-electron chi connectivity index (χ1n) is 7.98. The van der Waals surface area contributed by atoms with E-state index in [9.17, 15) is 4.79 Å². The van der Waals surface area contributed by atoms with Crippen molar-refractivity contribution in [3.8, 4) is 0 Å². The molecule has 1 aliphatic rings. The quantitative estimate of drug-likeness (QED) is 0.870. The third kappa shape index (κ3) is 2.91. The van der Waals surface area contributed by atoms with E-state index >= 15 is 0 Å². The van der Waals surface area contributed by atoms with Gasteiger partial charge in [0.15, 0.2) is 0 Å². The van der Waals surface area contributed by atoms with Crippen LogP contribution in [0.5, 0.6) is 0 Å². The number of likely N-dealkylation sites (tertiary alicyclic amines) is 1. The predicted octanol–water partition coefficient (Wildman–Crippen LogP) is 3.02. The van der Waals surface area contributed by atoms with Crippen LogP contribution >= 0.6 is 0 Å². The summed E-state index contributed by atoms with van der Waals surface area (Å²) < 4.78 is 1.84. The first kappa shape index (κ1) is 14.8. The minimum absolute atomic E-state index is 0.250. The highest BCUT2D eigenvalue weighted by molar-refractivity contribution is 5.77. The van der Waals surface area contributed by atoms with Crippen LogP contribution in [0.1, 0.15) is 42.1 Å². The second-order valence-electron chi connectivity index (χ2n) is 6.05. The van der Waals surface area contributed by atoms with Crippen LogP contribution in [0.15, 0.2) is 36.5 Å². The largest absolute Gasteiger partial charge is 0.336 e. The van der Waals surface area contributed by atoms with Crippen molar-refractivity contribution < 1.29 is 4.79 Å². The van der Waals surface area contributed by atoms with Gasteiger partial charge in [0.1, 0.15) is 0 Å². The molecule has 1 saturated heterocycles. The Morgan fingerprint density at radius 1 is 1.32 bits per heavy atom. The smallest absolute Gasteiger partial charge is 0.223 e. The fourth-order valence-electron chi connectivity index (χ4n) is 3.37. The molecule has 0 radical (unpaired) electrons. The van der Waals surface area contributed by atoms with E-state index in [1.54, 1.807) is 6.20 Å². The lowest BCUT2D eigenvalue weighted by Gasteiger charge is -2.26. The van der Waals surface area contributed by atoms with Crippen LogP contribution in [0.25, 0.3) is 0 Å². The molecule has 0 unspecified atom stereocenters. The van der Waals surface area contributed by atoms with Crippen LogP contribution in [0.4, 0.5) is 0 Å². The maximum absolute atomic E-state index is 12.6. The van der Waals surface area contributed by atoms with Crippen LogP contribution in [-0.2, 0) is 18.3 Å². The third-order valence-electron chi connectivity index (χ3n) is 4.64. The van der Waals surface area contributed by atoms with Crippen molar-refractivity contribution in [1.82, 2.24) is 14.7 Å². The van der Waals surface area contributed by atoms with Gasteiger partial charge in [-0.3, -0.25) is 9.48 Å². The number of hydrogen-bond acceptors (Lipinski definition) is 2. The van der Waals surface area contributed by atoms with Crippen molar-refractivity contribution in [1.29, 1.82) is 0 Å². The van der Waals surface area contributed by atoms with E-state index in [0.717, 1.165) is 31.5 Å². The maximum atomic E-state index is 12.6. The van der Waals surface area contributed by atoms with Crippen LogP contribution in [0.2, 0.25) is 0 Å². The van der Waals surface area contributed by atoms with Crippen LogP contribution in [0, 0.1) is 6.92 Å². The molecule has 2 heterocycles. The molecule has 0 saturated carbocycles. The van der Waals surface area contributed by atoms with Crippen LogP contribution in [0.3, 0.4) is 0 Å². The molecule has 0 spiro atoms. The average Bonchev–Trinajstić information content (AvgIpc) is 3.14. The highest BCUT2D eigenvalue weighted by Gasteiger charge is 2.30. The lowest BCUT2D eigenvalue weighted by atomic mass is 9.99. The molecule has 1 aromatic heterocycles. The van der Waals surface area contributed by atoms with E-state index in [0.29, 0.717) is 6.42 Å². The number of amides is 1. The fraction of sp³-hybridized carbons (Fsp3) is 0.444. The third-order valence-corrected chi connectivity index (χ3v) is 4.64. The predicted molar refractivity (Wildman–Crippen MR) is 86.4 cm³/mol. The first-order chi connectivity index (χ1) is 10.7. The normalized spacial score (nSPS) is 17.9. The summed E-state index contributed by atoms with van der Waals surface area (Å²) in [4.78, 5) is 14.7. The van der Waals surface area contributed by atoms with Gasteiger partial charge in [0.2, 0.25) is 5.91 Å². The zero-order valence-electron chi connectivity index (χ0n) is 13.3. The Kier molecular flexibility index (Phi) is 4.27. The molecular weight excluding hydrogens is 274 g/mol. The summed E-state index contributed by atoms with van der Waals surface area (Å²) >= 11 is 0. The van der Waals surface area contributed by atoms with Crippen LogP contribution < -0.4 is 0 Å². The van der Waals surface area contributed by atoms with Gasteiger partial charge in [-0.05, 0) is 43.4 Å². The standard InChI is InChI=1S/C18H23N3O/c1-14-6-3-4-7-16(14)17-8-5-13-21(17)18(22)10-9-15-11-12-19-20(15)2/h3-4,6-7,11-12,17H,5,8-10,13H2,1-2H3/t17-/m1/s1. The van der Waals surface area contributed by atoms with Gasteiger partial charge in [-0.2, -0.15) is 5.10 Å². The summed E-state index contributed by atoms with van der Waals surface area (Å²) in [6, 6.07) is 10.6. The van der Waals surface area contributed by atoms with Crippen LogP contribution in [-0.4, -0.2) is 27.1 Å². The molecule has 0 N–H and O–H groups in total. The topological polar surface area (TPSA) is 38.1 Å². The number of rotatable bonds is 4. The number of nitrogens with zero attached hydrogens (tertiary/aromatic N) is 3. The summed E-state index contributed by atoms with van der Waals surface area (Å²) in [6.07, 6.45) is 5.26. The Labute approximate surface area is 131 Å². The zero-order chi connectivity index (χ0) is 15.5. The van der Waals surface area contributed by atoms with Crippen molar-refractivity contribution in [3.05, 3.63) is 53.3 Å². The van der Waals surface area contributed by atoms with Crippen molar-refractivity contribution in [2.75, 3.05) is 6.54 Å². The van der Waals surface area contributed by atoms with Crippen molar-refractivity contribution >= 4 is 5.91 Å².